The number of nitrogens with one attached hydrogen (secondary N) is 1. The van der Waals surface area contributed by atoms with Crippen LogP contribution in [-0.2, 0) is 21.4 Å². The summed E-state index contributed by atoms with van der Waals surface area (Å²) in [5.41, 5.74) is 1.39. The van der Waals surface area contributed by atoms with Crippen LogP contribution in [0.2, 0.25) is 0 Å². The molecule has 0 atom stereocenters. The monoisotopic (exact) mass is 356 g/mol. The Morgan fingerprint density at radius 3 is 2.58 bits per heavy atom. The van der Waals surface area contributed by atoms with Crippen LogP contribution >= 0.6 is 0 Å². The molecule has 0 unspecified atom stereocenters. The van der Waals surface area contributed by atoms with E-state index in [2.05, 4.69) is 15.5 Å². The highest BCUT2D eigenvalue weighted by atomic mass is 16.5. The number of amides is 2. The van der Waals surface area contributed by atoms with Gasteiger partial charge in [-0.15, -0.1) is 0 Å². The zero-order valence-corrected chi connectivity index (χ0v) is 15.4. The summed E-state index contributed by atoms with van der Waals surface area (Å²) < 4.78 is 5.20. The van der Waals surface area contributed by atoms with Gasteiger partial charge in [0.15, 0.2) is 5.82 Å². The van der Waals surface area contributed by atoms with Crippen LogP contribution in [0.5, 0.6) is 0 Å². The fraction of sp³-hybridized carbons (Fsp3) is 0.474. The van der Waals surface area contributed by atoms with Gasteiger partial charge in [-0.3, -0.25) is 9.59 Å². The first-order chi connectivity index (χ1) is 12.3. The lowest BCUT2D eigenvalue weighted by molar-refractivity contribution is -0.117. The molecule has 2 aromatic rings. The number of hydrogen-bond acceptors (Lipinski definition) is 5. The van der Waals surface area contributed by atoms with Crippen LogP contribution in [0.4, 0.5) is 11.4 Å². The van der Waals surface area contributed by atoms with Crippen LogP contribution in [0.25, 0.3) is 0 Å². The van der Waals surface area contributed by atoms with Crippen molar-refractivity contribution < 1.29 is 14.1 Å². The number of carbonyl (C=O) groups excluding carboxylic acids is 2. The lowest BCUT2D eigenvalue weighted by Crippen LogP contribution is -2.23. The number of rotatable bonds is 5. The third kappa shape index (κ3) is 4.28. The lowest BCUT2D eigenvalue weighted by Gasteiger charge is -2.16. The van der Waals surface area contributed by atoms with Crippen LogP contribution in [0.1, 0.15) is 51.7 Å². The molecule has 1 aliphatic rings. The van der Waals surface area contributed by atoms with Crippen molar-refractivity contribution >= 4 is 23.2 Å². The summed E-state index contributed by atoms with van der Waals surface area (Å²) in [6, 6.07) is 7.32. The van der Waals surface area contributed by atoms with Crippen molar-refractivity contribution in [1.82, 2.24) is 10.1 Å². The largest absolute Gasteiger partial charge is 0.339 e. The third-order valence-electron chi connectivity index (χ3n) is 4.24. The molecular weight excluding hydrogens is 332 g/mol. The van der Waals surface area contributed by atoms with Crippen LogP contribution in [0.15, 0.2) is 28.8 Å². The number of nitrogens with zero attached hydrogens (tertiary/aromatic N) is 3. The molecule has 0 saturated carbocycles. The van der Waals surface area contributed by atoms with Gasteiger partial charge in [-0.1, -0.05) is 25.9 Å². The Labute approximate surface area is 152 Å². The Kier molecular flexibility index (Phi) is 5.06. The van der Waals surface area contributed by atoms with Gasteiger partial charge in [0.25, 0.3) is 0 Å². The molecule has 0 aliphatic carbocycles. The molecule has 3 rings (SSSR count). The second-order valence-electron chi connectivity index (χ2n) is 7.51. The highest BCUT2D eigenvalue weighted by molar-refractivity contribution is 5.96. The van der Waals surface area contributed by atoms with Crippen molar-refractivity contribution in [3.8, 4) is 0 Å². The van der Waals surface area contributed by atoms with Gasteiger partial charge in [0.05, 0.1) is 0 Å². The predicted molar refractivity (Wildman–Crippen MR) is 98.0 cm³/mol. The van der Waals surface area contributed by atoms with E-state index in [4.69, 9.17) is 4.52 Å². The van der Waals surface area contributed by atoms with Gasteiger partial charge in [-0.2, -0.15) is 4.98 Å². The van der Waals surface area contributed by atoms with Gasteiger partial charge in [-0.05, 0) is 30.7 Å². The number of aromatic nitrogens is 2. The molecule has 7 nitrogen and oxygen atoms in total. The van der Waals surface area contributed by atoms with Crippen molar-refractivity contribution in [2.75, 3.05) is 16.8 Å². The van der Waals surface area contributed by atoms with E-state index in [1.54, 1.807) is 4.90 Å². The highest BCUT2D eigenvalue weighted by Crippen LogP contribution is 2.23. The standard InChI is InChI=1S/C19H24N4O3/c1-19(2,3)18-21-16(26-22-18)11-10-15(24)20-13-6-8-14(9-7-13)23-12-4-5-17(23)25/h6-9H,4-5,10-12H2,1-3H3,(H,20,24). The minimum absolute atomic E-state index is 0.120. The first-order valence-corrected chi connectivity index (χ1v) is 8.86. The average molecular weight is 356 g/mol. The topological polar surface area (TPSA) is 88.3 Å². The van der Waals surface area contributed by atoms with Crippen molar-refractivity contribution in [2.45, 2.75) is 51.9 Å². The maximum absolute atomic E-state index is 12.1. The third-order valence-corrected chi connectivity index (χ3v) is 4.24. The van der Waals surface area contributed by atoms with E-state index in [1.165, 1.54) is 0 Å². The van der Waals surface area contributed by atoms with E-state index in [9.17, 15) is 9.59 Å². The van der Waals surface area contributed by atoms with Crippen LogP contribution in [0, 0.1) is 0 Å². The quantitative estimate of drug-likeness (QED) is 0.889. The average Bonchev–Trinajstić information content (AvgIpc) is 3.22. The maximum atomic E-state index is 12.1. The summed E-state index contributed by atoms with van der Waals surface area (Å²) in [6.45, 7) is 6.78. The van der Waals surface area contributed by atoms with Crippen molar-refractivity contribution in [1.29, 1.82) is 0 Å². The fourth-order valence-electron chi connectivity index (χ4n) is 2.75. The summed E-state index contributed by atoms with van der Waals surface area (Å²) in [6.07, 6.45) is 2.16. The van der Waals surface area contributed by atoms with Crippen LogP contribution in [0.3, 0.4) is 0 Å². The van der Waals surface area contributed by atoms with Crippen LogP contribution < -0.4 is 10.2 Å². The van der Waals surface area contributed by atoms with Gasteiger partial charge >= 0.3 is 0 Å². The molecule has 0 radical (unpaired) electrons. The van der Waals surface area contributed by atoms with E-state index in [0.29, 0.717) is 30.2 Å². The second-order valence-corrected chi connectivity index (χ2v) is 7.51. The molecule has 138 valence electrons. The molecule has 1 fully saturated rings. The van der Waals surface area contributed by atoms with E-state index in [-0.39, 0.29) is 23.7 Å². The lowest BCUT2D eigenvalue weighted by atomic mass is 9.96. The molecule has 1 saturated heterocycles. The molecule has 0 spiro atoms. The van der Waals surface area contributed by atoms with Gasteiger partial charge in [0.2, 0.25) is 17.7 Å². The van der Waals surface area contributed by atoms with Gasteiger partial charge < -0.3 is 14.7 Å². The number of anilines is 2. The predicted octanol–water partition coefficient (Wildman–Crippen LogP) is 3.07. The molecule has 7 heteroatoms. The van der Waals surface area contributed by atoms with E-state index in [0.717, 1.165) is 18.7 Å². The number of carbonyl (C=O) groups is 2. The summed E-state index contributed by atoms with van der Waals surface area (Å²) in [4.78, 5) is 30.0. The Bertz CT molecular complexity index is 790. The van der Waals surface area contributed by atoms with Gasteiger partial charge in [0, 0.05) is 42.6 Å². The zero-order chi connectivity index (χ0) is 18.7. The number of benzene rings is 1. The van der Waals surface area contributed by atoms with Crippen molar-refractivity contribution in [3.63, 3.8) is 0 Å². The molecule has 1 aliphatic heterocycles. The first kappa shape index (κ1) is 18.1. The molecule has 1 aromatic carbocycles. The zero-order valence-electron chi connectivity index (χ0n) is 15.4. The Hall–Kier alpha value is -2.70. The highest BCUT2D eigenvalue weighted by Gasteiger charge is 2.22. The van der Waals surface area contributed by atoms with Crippen LogP contribution in [-0.4, -0.2) is 28.5 Å². The first-order valence-electron chi connectivity index (χ1n) is 8.86. The summed E-state index contributed by atoms with van der Waals surface area (Å²) in [5.74, 6) is 1.13. The number of aryl methyl sites for hydroxylation is 1. The Morgan fingerprint density at radius 2 is 2.00 bits per heavy atom. The maximum Gasteiger partial charge on any atom is 0.227 e. The molecule has 1 N–H and O–H groups in total. The Balaban J connectivity index is 1.52. The minimum Gasteiger partial charge on any atom is -0.339 e. The van der Waals surface area contributed by atoms with Crippen molar-refractivity contribution in [2.24, 2.45) is 0 Å². The normalized spacial score (nSPS) is 14.7. The summed E-state index contributed by atoms with van der Waals surface area (Å²) in [5, 5.41) is 6.80. The minimum atomic E-state index is -0.178. The SMILES string of the molecule is CC(C)(C)c1noc(CCC(=O)Nc2ccc(N3CCCC3=O)cc2)n1. The smallest absolute Gasteiger partial charge is 0.227 e. The Morgan fingerprint density at radius 1 is 1.27 bits per heavy atom. The van der Waals surface area contributed by atoms with Gasteiger partial charge in [0.1, 0.15) is 0 Å². The molecule has 2 amide bonds. The van der Waals surface area contributed by atoms with E-state index < -0.39 is 0 Å². The van der Waals surface area contributed by atoms with E-state index in [1.807, 2.05) is 45.0 Å². The molecule has 26 heavy (non-hydrogen) atoms. The molecule has 1 aromatic heterocycles. The summed E-state index contributed by atoms with van der Waals surface area (Å²) in [7, 11) is 0. The molecule has 0 bridgehead atoms. The molecular formula is C19H24N4O3. The van der Waals surface area contributed by atoms with Crippen molar-refractivity contribution in [3.05, 3.63) is 36.0 Å². The van der Waals surface area contributed by atoms with E-state index >= 15 is 0 Å². The molecule has 2 heterocycles. The fourth-order valence-corrected chi connectivity index (χ4v) is 2.75. The summed E-state index contributed by atoms with van der Waals surface area (Å²) >= 11 is 0. The number of hydrogen-bond donors (Lipinski definition) is 1. The van der Waals surface area contributed by atoms with Gasteiger partial charge in [-0.25, -0.2) is 0 Å². The second kappa shape index (κ2) is 7.27.